The average molecular weight is 402 g/mol. The summed E-state index contributed by atoms with van der Waals surface area (Å²) in [6.45, 7) is 2.27. The van der Waals surface area contributed by atoms with E-state index in [9.17, 15) is 9.59 Å². The van der Waals surface area contributed by atoms with Gasteiger partial charge in [-0.05, 0) is 37.3 Å². The number of aryl methyl sites for hydroxylation is 1. The fraction of sp³-hybridized carbons (Fsp3) is 0.105. The van der Waals surface area contributed by atoms with Crippen LogP contribution in [-0.4, -0.2) is 16.8 Å². The van der Waals surface area contributed by atoms with E-state index in [1.807, 2.05) is 31.2 Å². The summed E-state index contributed by atoms with van der Waals surface area (Å²) in [6.07, 6.45) is 0. The van der Waals surface area contributed by atoms with Crippen LogP contribution in [0.4, 0.5) is 5.69 Å². The Balaban J connectivity index is 1.63. The van der Waals surface area contributed by atoms with Gasteiger partial charge >= 0.3 is 0 Å². The third-order valence-electron chi connectivity index (χ3n) is 3.66. The summed E-state index contributed by atoms with van der Waals surface area (Å²) in [5, 5.41) is 5.22. The van der Waals surface area contributed by atoms with Crippen molar-refractivity contribution in [2.45, 2.75) is 13.5 Å². The Labute approximate surface area is 164 Å². The van der Waals surface area contributed by atoms with Crippen LogP contribution in [0.3, 0.4) is 0 Å². The summed E-state index contributed by atoms with van der Waals surface area (Å²) < 4.78 is 5.66. The first kappa shape index (κ1) is 18.9. The van der Waals surface area contributed by atoms with Gasteiger partial charge in [-0.3, -0.25) is 9.59 Å². The molecule has 8 heteroatoms. The summed E-state index contributed by atoms with van der Waals surface area (Å²) >= 11 is 7.23. The lowest BCUT2D eigenvalue weighted by Crippen LogP contribution is -2.15. The molecular weight excluding hydrogens is 386 g/mol. The van der Waals surface area contributed by atoms with Crippen molar-refractivity contribution in [3.8, 4) is 5.75 Å². The topological polar surface area (TPSA) is 94.3 Å². The van der Waals surface area contributed by atoms with E-state index in [2.05, 4.69) is 10.3 Å². The maximum atomic E-state index is 12.3. The molecule has 3 N–H and O–H groups in total. The number of nitrogens with two attached hydrogens (primary N) is 1. The zero-order valence-electron chi connectivity index (χ0n) is 14.4. The standard InChI is InChI=1S/C19H16ClN3O3S/c1-11-2-5-13(6-3-11)26-9-17-23-16(10-27-17)19(25)22-12-4-7-15(20)14(8-12)18(21)24/h2-8,10H,9H2,1H3,(H2,21,24)(H,22,25). The molecule has 0 atom stereocenters. The largest absolute Gasteiger partial charge is 0.486 e. The molecule has 0 aliphatic carbocycles. The monoisotopic (exact) mass is 401 g/mol. The molecule has 0 fully saturated rings. The van der Waals surface area contributed by atoms with Crippen LogP contribution in [0, 0.1) is 6.92 Å². The van der Waals surface area contributed by atoms with E-state index in [1.165, 1.54) is 23.5 Å². The van der Waals surface area contributed by atoms with Gasteiger partial charge in [-0.2, -0.15) is 0 Å². The van der Waals surface area contributed by atoms with E-state index in [0.29, 0.717) is 10.7 Å². The Morgan fingerprint density at radius 2 is 1.96 bits per heavy atom. The van der Waals surface area contributed by atoms with Crippen molar-refractivity contribution in [2.24, 2.45) is 5.73 Å². The van der Waals surface area contributed by atoms with E-state index >= 15 is 0 Å². The van der Waals surface area contributed by atoms with Gasteiger partial charge < -0.3 is 15.8 Å². The summed E-state index contributed by atoms with van der Waals surface area (Å²) in [4.78, 5) is 28.0. The summed E-state index contributed by atoms with van der Waals surface area (Å²) in [5.41, 5.74) is 7.21. The molecule has 3 aromatic rings. The number of anilines is 1. The van der Waals surface area contributed by atoms with Gasteiger partial charge in [0.05, 0.1) is 10.6 Å². The van der Waals surface area contributed by atoms with Crippen molar-refractivity contribution in [1.29, 1.82) is 0 Å². The number of hydrogen-bond acceptors (Lipinski definition) is 5. The summed E-state index contributed by atoms with van der Waals surface area (Å²) in [5.74, 6) is -0.326. The first-order valence-electron chi connectivity index (χ1n) is 7.97. The van der Waals surface area contributed by atoms with Crippen LogP contribution in [0.5, 0.6) is 5.75 Å². The predicted molar refractivity (Wildman–Crippen MR) is 106 cm³/mol. The Bertz CT molecular complexity index is 986. The van der Waals surface area contributed by atoms with Crippen LogP contribution >= 0.6 is 22.9 Å². The third kappa shape index (κ3) is 4.84. The normalized spacial score (nSPS) is 10.4. The van der Waals surface area contributed by atoms with Crippen LogP contribution < -0.4 is 15.8 Å². The zero-order valence-corrected chi connectivity index (χ0v) is 15.9. The lowest BCUT2D eigenvalue weighted by atomic mass is 10.2. The maximum Gasteiger partial charge on any atom is 0.275 e. The van der Waals surface area contributed by atoms with E-state index < -0.39 is 11.8 Å². The summed E-state index contributed by atoms with van der Waals surface area (Å²) in [7, 11) is 0. The summed E-state index contributed by atoms with van der Waals surface area (Å²) in [6, 6.07) is 12.2. The predicted octanol–water partition coefficient (Wildman–Crippen LogP) is 4.04. The fourth-order valence-electron chi connectivity index (χ4n) is 2.25. The minimum atomic E-state index is -0.666. The molecule has 0 radical (unpaired) electrons. The number of thiazole rings is 1. The van der Waals surface area contributed by atoms with Crippen LogP contribution in [-0.2, 0) is 6.61 Å². The molecule has 0 aliphatic heterocycles. The molecule has 2 amide bonds. The molecule has 2 aromatic carbocycles. The zero-order chi connectivity index (χ0) is 19.4. The van der Waals surface area contributed by atoms with E-state index in [1.54, 1.807) is 11.4 Å². The number of carbonyl (C=O) groups is 2. The number of halogens is 1. The van der Waals surface area contributed by atoms with Crippen molar-refractivity contribution >= 4 is 40.4 Å². The highest BCUT2D eigenvalue weighted by atomic mass is 35.5. The van der Waals surface area contributed by atoms with Crippen molar-refractivity contribution < 1.29 is 14.3 Å². The maximum absolute atomic E-state index is 12.3. The molecule has 0 aliphatic rings. The fourth-order valence-corrected chi connectivity index (χ4v) is 3.14. The highest BCUT2D eigenvalue weighted by Gasteiger charge is 2.13. The lowest BCUT2D eigenvalue weighted by Gasteiger charge is -2.06. The first-order valence-corrected chi connectivity index (χ1v) is 9.22. The van der Waals surface area contributed by atoms with E-state index in [-0.39, 0.29) is 22.9 Å². The highest BCUT2D eigenvalue weighted by molar-refractivity contribution is 7.09. The number of carbonyl (C=O) groups excluding carboxylic acids is 2. The molecule has 0 saturated heterocycles. The molecule has 0 bridgehead atoms. The molecule has 0 spiro atoms. The number of nitrogens with zero attached hydrogens (tertiary/aromatic N) is 1. The minimum Gasteiger partial charge on any atom is -0.486 e. The van der Waals surface area contributed by atoms with Gasteiger partial charge in [0, 0.05) is 11.1 Å². The Hall–Kier alpha value is -2.90. The third-order valence-corrected chi connectivity index (χ3v) is 4.81. The molecule has 1 heterocycles. The van der Waals surface area contributed by atoms with Crippen molar-refractivity contribution in [2.75, 3.05) is 5.32 Å². The van der Waals surface area contributed by atoms with Gasteiger partial charge in [0.1, 0.15) is 23.1 Å². The number of rotatable bonds is 6. The van der Waals surface area contributed by atoms with Crippen LogP contribution in [0.2, 0.25) is 5.02 Å². The number of hydrogen-bond donors (Lipinski definition) is 2. The quantitative estimate of drug-likeness (QED) is 0.651. The van der Waals surface area contributed by atoms with Crippen molar-refractivity contribution in [3.05, 3.63) is 74.7 Å². The van der Waals surface area contributed by atoms with E-state index in [4.69, 9.17) is 22.1 Å². The van der Waals surface area contributed by atoms with Gasteiger partial charge in [0.2, 0.25) is 5.91 Å². The van der Waals surface area contributed by atoms with Gasteiger partial charge in [-0.1, -0.05) is 29.3 Å². The number of benzene rings is 2. The second-order valence-corrected chi connectivity index (χ2v) is 7.09. The lowest BCUT2D eigenvalue weighted by molar-refractivity contribution is 0.0995. The van der Waals surface area contributed by atoms with Crippen molar-refractivity contribution in [3.63, 3.8) is 0 Å². The first-order chi connectivity index (χ1) is 12.9. The molecule has 3 rings (SSSR count). The second kappa shape index (κ2) is 8.20. The molecular formula is C19H16ClN3O3S. The van der Waals surface area contributed by atoms with Gasteiger partial charge in [0.15, 0.2) is 0 Å². The molecule has 0 unspecified atom stereocenters. The average Bonchev–Trinajstić information content (AvgIpc) is 3.12. The number of ether oxygens (including phenoxy) is 1. The van der Waals surface area contributed by atoms with Crippen molar-refractivity contribution in [1.82, 2.24) is 4.98 Å². The Kier molecular flexibility index (Phi) is 5.73. The number of aromatic nitrogens is 1. The molecule has 138 valence electrons. The number of primary amides is 1. The van der Waals surface area contributed by atoms with E-state index in [0.717, 1.165) is 11.3 Å². The van der Waals surface area contributed by atoms with Crippen LogP contribution in [0.25, 0.3) is 0 Å². The SMILES string of the molecule is Cc1ccc(OCc2nc(C(=O)Nc3ccc(Cl)c(C(N)=O)c3)cs2)cc1. The van der Waals surface area contributed by atoms with Gasteiger partial charge in [-0.25, -0.2) is 4.98 Å². The molecule has 27 heavy (non-hydrogen) atoms. The van der Waals surface area contributed by atoms with Gasteiger partial charge in [0.25, 0.3) is 5.91 Å². The van der Waals surface area contributed by atoms with Crippen LogP contribution in [0.1, 0.15) is 31.4 Å². The minimum absolute atomic E-state index is 0.139. The smallest absolute Gasteiger partial charge is 0.275 e. The molecule has 6 nitrogen and oxygen atoms in total. The molecule has 0 saturated carbocycles. The Morgan fingerprint density at radius 3 is 2.67 bits per heavy atom. The highest BCUT2D eigenvalue weighted by Crippen LogP contribution is 2.21. The Morgan fingerprint density at radius 1 is 1.22 bits per heavy atom. The molecule has 1 aromatic heterocycles. The number of amides is 2. The second-order valence-electron chi connectivity index (χ2n) is 5.74. The number of nitrogens with one attached hydrogen (secondary N) is 1. The van der Waals surface area contributed by atoms with Crippen LogP contribution in [0.15, 0.2) is 47.8 Å². The van der Waals surface area contributed by atoms with Gasteiger partial charge in [-0.15, -0.1) is 11.3 Å².